The van der Waals surface area contributed by atoms with Gasteiger partial charge in [0.2, 0.25) is 0 Å². The molecule has 0 spiro atoms. The van der Waals surface area contributed by atoms with E-state index in [0.717, 1.165) is 49.3 Å². The van der Waals surface area contributed by atoms with Crippen molar-refractivity contribution < 1.29 is 0 Å². The Labute approximate surface area is 122 Å². The fourth-order valence-electron chi connectivity index (χ4n) is 2.39. The van der Waals surface area contributed by atoms with Crippen molar-refractivity contribution in [2.75, 3.05) is 31.1 Å². The van der Waals surface area contributed by atoms with Crippen molar-refractivity contribution in [2.45, 2.75) is 25.8 Å². The molecular weight excluding hydrogens is 306 g/mol. The van der Waals surface area contributed by atoms with Crippen LogP contribution in [0.25, 0.3) is 0 Å². The van der Waals surface area contributed by atoms with Crippen molar-refractivity contribution >= 4 is 21.7 Å². The molecule has 2 heterocycles. The molecule has 1 aliphatic heterocycles. The zero-order valence-electron chi connectivity index (χ0n) is 11.1. The van der Waals surface area contributed by atoms with Gasteiger partial charge in [-0.05, 0) is 22.4 Å². The Bertz CT molecular complexity index is 451. The number of nitriles is 1. The molecule has 0 radical (unpaired) electrons. The molecule has 0 amide bonds. The third kappa shape index (κ3) is 3.43. The number of rotatable bonds is 4. The summed E-state index contributed by atoms with van der Waals surface area (Å²) in [7, 11) is 0. The van der Waals surface area contributed by atoms with Crippen LogP contribution in [0.2, 0.25) is 0 Å². The Morgan fingerprint density at radius 1 is 1.42 bits per heavy atom. The van der Waals surface area contributed by atoms with Gasteiger partial charge in [-0.2, -0.15) is 5.26 Å². The van der Waals surface area contributed by atoms with Gasteiger partial charge >= 0.3 is 0 Å². The van der Waals surface area contributed by atoms with Gasteiger partial charge in [0.25, 0.3) is 0 Å². The number of hydrogen-bond acceptors (Lipinski definition) is 5. The minimum Gasteiger partial charge on any atom is -0.353 e. The van der Waals surface area contributed by atoms with E-state index >= 15 is 0 Å². The fraction of sp³-hybridized carbons (Fsp3) is 0.615. The summed E-state index contributed by atoms with van der Waals surface area (Å²) in [5, 5.41) is 9.20. The molecule has 0 N–H and O–H groups in total. The third-order valence-corrected chi connectivity index (χ3v) is 3.97. The molecule has 0 saturated carbocycles. The predicted octanol–water partition coefficient (Wildman–Crippen LogP) is 2.05. The monoisotopic (exact) mass is 323 g/mol. The van der Waals surface area contributed by atoms with Crippen molar-refractivity contribution in [1.29, 1.82) is 5.26 Å². The van der Waals surface area contributed by atoms with Crippen LogP contribution in [0.1, 0.15) is 19.8 Å². The molecule has 2 rings (SSSR count). The van der Waals surface area contributed by atoms with Crippen LogP contribution in [-0.4, -0.2) is 47.1 Å². The number of piperazine rings is 1. The highest BCUT2D eigenvalue weighted by atomic mass is 79.9. The van der Waals surface area contributed by atoms with Gasteiger partial charge in [-0.25, -0.2) is 9.97 Å². The van der Waals surface area contributed by atoms with Crippen LogP contribution < -0.4 is 4.90 Å². The molecule has 1 unspecified atom stereocenters. The standard InChI is InChI=1S/C13H18BrN5/c1-2-3-11(8-15)18-4-6-19(7-5-18)13-12(14)9-16-10-17-13/h9-11H,2-7H2,1H3. The van der Waals surface area contributed by atoms with Crippen molar-refractivity contribution in [3.8, 4) is 6.07 Å². The first-order chi connectivity index (χ1) is 9.26. The number of anilines is 1. The molecular formula is C13H18BrN5. The predicted molar refractivity (Wildman–Crippen MR) is 77.8 cm³/mol. The van der Waals surface area contributed by atoms with Gasteiger partial charge in [0.15, 0.2) is 0 Å². The summed E-state index contributed by atoms with van der Waals surface area (Å²) in [5.74, 6) is 0.943. The van der Waals surface area contributed by atoms with E-state index in [0.29, 0.717) is 0 Å². The van der Waals surface area contributed by atoms with E-state index < -0.39 is 0 Å². The van der Waals surface area contributed by atoms with Gasteiger partial charge in [0.1, 0.15) is 12.1 Å². The largest absolute Gasteiger partial charge is 0.353 e. The summed E-state index contributed by atoms with van der Waals surface area (Å²) in [6.07, 6.45) is 5.34. The zero-order chi connectivity index (χ0) is 13.7. The second kappa shape index (κ2) is 6.83. The maximum Gasteiger partial charge on any atom is 0.146 e. The maximum atomic E-state index is 9.20. The highest BCUT2D eigenvalue weighted by Gasteiger charge is 2.24. The van der Waals surface area contributed by atoms with Gasteiger partial charge in [-0.1, -0.05) is 13.3 Å². The molecule has 0 aromatic carbocycles. The average Bonchev–Trinajstić information content (AvgIpc) is 2.46. The smallest absolute Gasteiger partial charge is 0.146 e. The van der Waals surface area contributed by atoms with E-state index in [4.69, 9.17) is 0 Å². The van der Waals surface area contributed by atoms with Gasteiger partial charge in [0.05, 0.1) is 16.6 Å². The molecule has 0 bridgehead atoms. The first-order valence-corrected chi connectivity index (χ1v) is 7.39. The Hall–Kier alpha value is -1.19. The normalized spacial score (nSPS) is 18.1. The summed E-state index contributed by atoms with van der Waals surface area (Å²) in [6.45, 7) is 5.75. The maximum absolute atomic E-state index is 9.20. The van der Waals surface area contributed by atoms with E-state index in [1.165, 1.54) is 0 Å². The lowest BCUT2D eigenvalue weighted by Gasteiger charge is -2.37. The summed E-state index contributed by atoms with van der Waals surface area (Å²) >= 11 is 3.48. The van der Waals surface area contributed by atoms with Crippen LogP contribution in [0, 0.1) is 11.3 Å². The molecule has 1 aliphatic rings. The number of hydrogen-bond donors (Lipinski definition) is 0. The molecule has 102 valence electrons. The van der Waals surface area contributed by atoms with Crippen molar-refractivity contribution in [3.05, 3.63) is 17.0 Å². The molecule has 1 aromatic heterocycles. The summed E-state index contributed by atoms with van der Waals surface area (Å²) in [5.41, 5.74) is 0. The van der Waals surface area contributed by atoms with Crippen molar-refractivity contribution in [3.63, 3.8) is 0 Å². The Kier molecular flexibility index (Phi) is 5.11. The first-order valence-electron chi connectivity index (χ1n) is 6.60. The summed E-state index contributed by atoms with van der Waals surface area (Å²) in [4.78, 5) is 12.8. The quantitative estimate of drug-likeness (QED) is 0.848. The first kappa shape index (κ1) is 14.2. The molecule has 1 fully saturated rings. The lowest BCUT2D eigenvalue weighted by atomic mass is 10.1. The molecule has 1 atom stereocenters. The minimum absolute atomic E-state index is 0.0565. The molecule has 5 nitrogen and oxygen atoms in total. The Morgan fingerprint density at radius 2 is 2.16 bits per heavy atom. The second-order valence-electron chi connectivity index (χ2n) is 4.65. The van der Waals surface area contributed by atoms with E-state index in [9.17, 15) is 5.26 Å². The van der Waals surface area contributed by atoms with E-state index in [1.54, 1.807) is 12.5 Å². The molecule has 0 aliphatic carbocycles. The highest BCUT2D eigenvalue weighted by Crippen LogP contribution is 2.23. The van der Waals surface area contributed by atoms with Gasteiger partial charge in [0, 0.05) is 32.4 Å². The van der Waals surface area contributed by atoms with Crippen LogP contribution >= 0.6 is 15.9 Å². The average molecular weight is 324 g/mol. The Balaban J connectivity index is 1.96. The van der Waals surface area contributed by atoms with E-state index in [1.807, 2.05) is 0 Å². The number of aromatic nitrogens is 2. The van der Waals surface area contributed by atoms with Gasteiger partial charge in [-0.3, -0.25) is 4.90 Å². The van der Waals surface area contributed by atoms with E-state index in [-0.39, 0.29) is 6.04 Å². The summed E-state index contributed by atoms with van der Waals surface area (Å²) in [6, 6.07) is 2.47. The van der Waals surface area contributed by atoms with Crippen molar-refractivity contribution in [1.82, 2.24) is 14.9 Å². The van der Waals surface area contributed by atoms with Crippen molar-refractivity contribution in [2.24, 2.45) is 0 Å². The molecule has 1 saturated heterocycles. The highest BCUT2D eigenvalue weighted by molar-refractivity contribution is 9.10. The third-order valence-electron chi connectivity index (χ3n) is 3.41. The Morgan fingerprint density at radius 3 is 2.74 bits per heavy atom. The zero-order valence-corrected chi connectivity index (χ0v) is 12.7. The van der Waals surface area contributed by atoms with Gasteiger partial charge in [-0.15, -0.1) is 0 Å². The number of nitrogens with zero attached hydrogens (tertiary/aromatic N) is 5. The summed E-state index contributed by atoms with van der Waals surface area (Å²) < 4.78 is 0.925. The molecule has 19 heavy (non-hydrogen) atoms. The van der Waals surface area contributed by atoms with Crippen LogP contribution in [0.15, 0.2) is 17.0 Å². The van der Waals surface area contributed by atoms with Crippen LogP contribution in [0.5, 0.6) is 0 Å². The minimum atomic E-state index is 0.0565. The topological polar surface area (TPSA) is 56.1 Å². The number of halogens is 1. The van der Waals surface area contributed by atoms with Crippen LogP contribution in [-0.2, 0) is 0 Å². The molecule has 6 heteroatoms. The molecule has 1 aromatic rings. The van der Waals surface area contributed by atoms with Gasteiger partial charge < -0.3 is 4.90 Å². The van der Waals surface area contributed by atoms with E-state index in [2.05, 4.69) is 48.7 Å². The fourth-order valence-corrected chi connectivity index (χ4v) is 2.86. The lowest BCUT2D eigenvalue weighted by Crippen LogP contribution is -2.50. The SMILES string of the molecule is CCCC(C#N)N1CCN(c2ncncc2Br)CC1. The van der Waals surface area contributed by atoms with Crippen LogP contribution in [0.4, 0.5) is 5.82 Å². The lowest BCUT2D eigenvalue weighted by molar-refractivity contribution is 0.211. The second-order valence-corrected chi connectivity index (χ2v) is 5.51. The van der Waals surface area contributed by atoms with Crippen LogP contribution in [0.3, 0.4) is 0 Å².